The number of rotatable bonds is 3. The third kappa shape index (κ3) is 5.01. The Hall–Kier alpha value is -0.770. The van der Waals surface area contributed by atoms with Gasteiger partial charge in [0.05, 0.1) is 0 Å². The maximum atomic E-state index is 12.2. The van der Waals surface area contributed by atoms with E-state index in [0.29, 0.717) is 12.1 Å². The molecule has 1 aliphatic heterocycles. The first kappa shape index (κ1) is 16.3. The van der Waals surface area contributed by atoms with Crippen molar-refractivity contribution in [2.45, 2.75) is 84.5 Å². The Balaban J connectivity index is 2.62. The summed E-state index contributed by atoms with van der Waals surface area (Å²) < 4.78 is 5.49. The first-order chi connectivity index (χ1) is 8.74. The highest BCUT2D eigenvalue weighted by Gasteiger charge is 2.33. The summed E-state index contributed by atoms with van der Waals surface area (Å²) in [6.07, 6.45) is 3.09. The molecule has 0 saturated carbocycles. The second-order valence-corrected chi connectivity index (χ2v) is 6.64. The fourth-order valence-electron chi connectivity index (χ4n) is 2.43. The molecule has 19 heavy (non-hydrogen) atoms. The van der Waals surface area contributed by atoms with Crippen molar-refractivity contribution in [2.24, 2.45) is 0 Å². The minimum Gasteiger partial charge on any atom is -0.444 e. The zero-order valence-corrected chi connectivity index (χ0v) is 13.3. The van der Waals surface area contributed by atoms with Gasteiger partial charge in [-0.05, 0) is 53.9 Å². The molecule has 3 atom stereocenters. The molecular weight excluding hydrogens is 240 g/mol. The van der Waals surface area contributed by atoms with Crippen molar-refractivity contribution in [1.29, 1.82) is 0 Å². The van der Waals surface area contributed by atoms with Crippen LogP contribution < -0.4 is 5.32 Å². The minimum atomic E-state index is -0.423. The molecule has 112 valence electrons. The van der Waals surface area contributed by atoms with Crippen LogP contribution in [0.4, 0.5) is 4.79 Å². The van der Waals surface area contributed by atoms with Crippen molar-refractivity contribution >= 4 is 6.09 Å². The highest BCUT2D eigenvalue weighted by molar-refractivity contribution is 5.68. The van der Waals surface area contributed by atoms with E-state index in [2.05, 4.69) is 26.1 Å². The topological polar surface area (TPSA) is 41.6 Å². The van der Waals surface area contributed by atoms with Crippen LogP contribution in [0, 0.1) is 0 Å². The number of likely N-dealkylation sites (tertiary alicyclic amines) is 1. The van der Waals surface area contributed by atoms with E-state index in [0.717, 1.165) is 25.8 Å². The number of hydrogen-bond acceptors (Lipinski definition) is 3. The highest BCUT2D eigenvalue weighted by atomic mass is 16.6. The van der Waals surface area contributed by atoms with Gasteiger partial charge in [-0.3, -0.25) is 0 Å². The van der Waals surface area contributed by atoms with Crippen LogP contribution in [0.5, 0.6) is 0 Å². The van der Waals surface area contributed by atoms with Gasteiger partial charge in [0.1, 0.15) is 5.60 Å². The fourth-order valence-corrected chi connectivity index (χ4v) is 2.43. The van der Waals surface area contributed by atoms with E-state index in [1.807, 2.05) is 25.7 Å². The van der Waals surface area contributed by atoms with Gasteiger partial charge in [0.25, 0.3) is 0 Å². The summed E-state index contributed by atoms with van der Waals surface area (Å²) in [4.78, 5) is 14.1. The van der Waals surface area contributed by atoms with Crippen molar-refractivity contribution in [1.82, 2.24) is 10.2 Å². The van der Waals surface area contributed by atoms with E-state index >= 15 is 0 Å². The summed E-state index contributed by atoms with van der Waals surface area (Å²) in [5.41, 5.74) is -0.423. The lowest BCUT2D eigenvalue weighted by Crippen LogP contribution is -2.56. The number of nitrogens with zero attached hydrogens (tertiary/aromatic N) is 1. The van der Waals surface area contributed by atoms with Gasteiger partial charge in [-0.15, -0.1) is 0 Å². The molecule has 1 N–H and O–H groups in total. The average Bonchev–Trinajstić information content (AvgIpc) is 2.29. The van der Waals surface area contributed by atoms with Crippen molar-refractivity contribution in [3.8, 4) is 0 Å². The zero-order valence-electron chi connectivity index (χ0n) is 13.3. The molecule has 0 aliphatic carbocycles. The number of hydrogen-bond donors (Lipinski definition) is 1. The Kier molecular flexibility index (Phi) is 5.65. The molecule has 4 heteroatoms. The van der Waals surface area contributed by atoms with Crippen molar-refractivity contribution in [2.75, 3.05) is 6.54 Å². The van der Waals surface area contributed by atoms with Crippen molar-refractivity contribution < 1.29 is 9.53 Å². The third-order valence-corrected chi connectivity index (χ3v) is 3.73. The predicted octanol–water partition coefficient (Wildman–Crippen LogP) is 3.16. The molecule has 1 rings (SSSR count). The second kappa shape index (κ2) is 6.60. The monoisotopic (exact) mass is 270 g/mol. The Morgan fingerprint density at radius 3 is 2.63 bits per heavy atom. The van der Waals surface area contributed by atoms with Crippen LogP contribution in [0.15, 0.2) is 0 Å². The van der Waals surface area contributed by atoms with Crippen LogP contribution >= 0.6 is 0 Å². The summed E-state index contributed by atoms with van der Waals surface area (Å²) in [6, 6.07) is 1.06. The first-order valence-electron chi connectivity index (χ1n) is 7.50. The lowest BCUT2D eigenvalue weighted by Gasteiger charge is -2.41. The third-order valence-electron chi connectivity index (χ3n) is 3.73. The van der Waals surface area contributed by atoms with E-state index < -0.39 is 5.60 Å². The molecule has 1 saturated heterocycles. The van der Waals surface area contributed by atoms with Gasteiger partial charge < -0.3 is 15.0 Å². The van der Waals surface area contributed by atoms with E-state index in [4.69, 9.17) is 4.74 Å². The van der Waals surface area contributed by atoms with Crippen LogP contribution in [0.25, 0.3) is 0 Å². The minimum absolute atomic E-state index is 0.185. The van der Waals surface area contributed by atoms with Gasteiger partial charge in [-0.1, -0.05) is 6.92 Å². The standard InChI is InChI=1S/C15H30N2O2/c1-7-11(2)16-13-9-8-10-17(12(13)3)14(18)19-15(4,5)6/h11-13,16H,7-10H2,1-6H3. The summed E-state index contributed by atoms with van der Waals surface area (Å²) in [5.74, 6) is 0. The number of carbonyl (C=O) groups excluding carboxylic acids is 1. The van der Waals surface area contributed by atoms with Crippen LogP contribution in [-0.2, 0) is 4.74 Å². The second-order valence-electron chi connectivity index (χ2n) is 6.64. The molecule has 0 aromatic carbocycles. The van der Waals surface area contributed by atoms with Crippen LogP contribution in [0.2, 0.25) is 0 Å². The Bertz CT molecular complexity index is 299. The zero-order chi connectivity index (χ0) is 14.6. The highest BCUT2D eigenvalue weighted by Crippen LogP contribution is 2.21. The summed E-state index contributed by atoms with van der Waals surface area (Å²) in [6.45, 7) is 13.0. The Morgan fingerprint density at radius 2 is 2.11 bits per heavy atom. The van der Waals surface area contributed by atoms with Gasteiger partial charge in [-0.2, -0.15) is 0 Å². The summed E-state index contributed by atoms with van der Waals surface area (Å²) in [5, 5.41) is 3.62. The van der Waals surface area contributed by atoms with Crippen LogP contribution in [-0.4, -0.2) is 41.3 Å². The number of nitrogens with one attached hydrogen (secondary N) is 1. The summed E-state index contributed by atoms with van der Waals surface area (Å²) in [7, 11) is 0. The smallest absolute Gasteiger partial charge is 0.410 e. The molecule has 0 radical (unpaired) electrons. The first-order valence-corrected chi connectivity index (χ1v) is 7.50. The largest absolute Gasteiger partial charge is 0.444 e. The maximum absolute atomic E-state index is 12.2. The van der Waals surface area contributed by atoms with Gasteiger partial charge >= 0.3 is 6.09 Å². The quantitative estimate of drug-likeness (QED) is 0.856. The number of ether oxygens (including phenoxy) is 1. The van der Waals surface area contributed by atoms with Crippen LogP contribution in [0.3, 0.4) is 0 Å². The summed E-state index contributed by atoms with van der Waals surface area (Å²) >= 11 is 0. The molecule has 3 unspecified atom stereocenters. The van der Waals surface area contributed by atoms with Crippen molar-refractivity contribution in [3.05, 3.63) is 0 Å². The molecule has 1 fully saturated rings. The molecular formula is C15H30N2O2. The molecule has 1 heterocycles. The number of piperidine rings is 1. The normalized spacial score (nSPS) is 26.1. The van der Waals surface area contributed by atoms with E-state index in [9.17, 15) is 4.79 Å². The average molecular weight is 270 g/mol. The van der Waals surface area contributed by atoms with E-state index in [1.54, 1.807) is 0 Å². The Morgan fingerprint density at radius 1 is 1.47 bits per heavy atom. The molecule has 0 aromatic heterocycles. The van der Waals surface area contributed by atoms with Crippen molar-refractivity contribution in [3.63, 3.8) is 0 Å². The molecule has 1 aliphatic rings. The lowest BCUT2D eigenvalue weighted by molar-refractivity contribution is 0.00642. The SMILES string of the molecule is CCC(C)NC1CCCN(C(=O)OC(C)(C)C)C1C. The molecule has 0 spiro atoms. The number of carbonyl (C=O) groups is 1. The van der Waals surface area contributed by atoms with Crippen LogP contribution in [0.1, 0.15) is 60.8 Å². The predicted molar refractivity (Wildman–Crippen MR) is 78.3 cm³/mol. The lowest BCUT2D eigenvalue weighted by atomic mass is 9.97. The molecule has 1 amide bonds. The molecule has 0 aromatic rings. The molecule has 0 bridgehead atoms. The van der Waals surface area contributed by atoms with Gasteiger partial charge in [0.15, 0.2) is 0 Å². The van der Waals surface area contributed by atoms with Gasteiger partial charge in [0.2, 0.25) is 0 Å². The van der Waals surface area contributed by atoms with Gasteiger partial charge in [-0.25, -0.2) is 4.79 Å². The van der Waals surface area contributed by atoms with E-state index in [-0.39, 0.29) is 12.1 Å². The maximum Gasteiger partial charge on any atom is 0.410 e. The molecule has 4 nitrogen and oxygen atoms in total. The number of amides is 1. The van der Waals surface area contributed by atoms with E-state index in [1.165, 1.54) is 0 Å². The fraction of sp³-hybridized carbons (Fsp3) is 0.933. The van der Waals surface area contributed by atoms with Gasteiger partial charge in [0, 0.05) is 24.7 Å². The Labute approximate surface area is 117 Å².